The summed E-state index contributed by atoms with van der Waals surface area (Å²) in [6, 6.07) is 17.1. The quantitative estimate of drug-likeness (QED) is 0.592. The van der Waals surface area contributed by atoms with Crippen LogP contribution in [0.2, 0.25) is 0 Å². The van der Waals surface area contributed by atoms with Gasteiger partial charge in [-0.15, -0.1) is 0 Å². The molecule has 0 aliphatic heterocycles. The molecule has 1 saturated carbocycles. The highest BCUT2D eigenvalue weighted by Gasteiger charge is 2.40. The van der Waals surface area contributed by atoms with Crippen molar-refractivity contribution in [3.63, 3.8) is 0 Å². The second-order valence-electron chi connectivity index (χ2n) is 7.71. The van der Waals surface area contributed by atoms with E-state index in [0.717, 1.165) is 12.2 Å². The van der Waals surface area contributed by atoms with Crippen LogP contribution in [-0.2, 0) is 10.2 Å². The molecule has 0 saturated heterocycles. The van der Waals surface area contributed by atoms with Gasteiger partial charge in [-0.2, -0.15) is 13.2 Å². The summed E-state index contributed by atoms with van der Waals surface area (Å²) < 4.78 is 31.7. The highest BCUT2D eigenvalue weighted by molar-refractivity contribution is 5.81. The third kappa shape index (κ3) is 5.58. The molecule has 1 aromatic carbocycles. The summed E-state index contributed by atoms with van der Waals surface area (Å²) in [5.41, 5.74) is 2.53. The molecule has 5 nitrogen and oxygen atoms in total. The molecule has 0 amide bonds. The van der Waals surface area contributed by atoms with E-state index in [-0.39, 0.29) is 11.5 Å². The number of carboxylic acids is 1. The van der Waals surface area contributed by atoms with Crippen LogP contribution >= 0.6 is 0 Å². The number of fused-ring (bicyclic) bond motifs is 1. The fraction of sp³-hybridized carbons (Fsp3) is 0.348. The van der Waals surface area contributed by atoms with Crippen molar-refractivity contribution in [2.45, 2.75) is 43.8 Å². The molecule has 4 rings (SSSR count). The minimum atomic E-state index is -5.08. The van der Waals surface area contributed by atoms with Crippen molar-refractivity contribution in [2.24, 2.45) is 0 Å². The maximum atomic E-state index is 10.6. The van der Waals surface area contributed by atoms with Crippen molar-refractivity contribution >= 4 is 16.7 Å². The molecule has 8 heteroatoms. The van der Waals surface area contributed by atoms with E-state index in [9.17, 15) is 13.2 Å². The Morgan fingerprint density at radius 1 is 1.13 bits per heavy atom. The molecule has 1 fully saturated rings. The highest BCUT2D eigenvalue weighted by Crippen LogP contribution is 2.42. The zero-order valence-corrected chi connectivity index (χ0v) is 17.1. The van der Waals surface area contributed by atoms with Gasteiger partial charge in [0.15, 0.2) is 0 Å². The number of pyridine rings is 2. The lowest BCUT2D eigenvalue weighted by Crippen LogP contribution is -2.45. The number of carboxylic acid groups (broad SMARTS) is 1. The number of carbonyl (C=O) groups is 1. The van der Waals surface area contributed by atoms with Crippen LogP contribution in [0.5, 0.6) is 0 Å². The predicted molar refractivity (Wildman–Crippen MR) is 112 cm³/mol. The van der Waals surface area contributed by atoms with Gasteiger partial charge >= 0.3 is 12.1 Å². The summed E-state index contributed by atoms with van der Waals surface area (Å²) >= 11 is 0. The monoisotopic (exact) mass is 431 g/mol. The molecular weight excluding hydrogens is 407 g/mol. The molecule has 2 heterocycles. The van der Waals surface area contributed by atoms with Gasteiger partial charge in [-0.3, -0.25) is 9.97 Å². The Bertz CT molecular complexity index is 1020. The fourth-order valence-corrected chi connectivity index (χ4v) is 3.59. The molecule has 0 spiro atoms. The number of aliphatic carboxylic acids is 1. The number of rotatable bonds is 5. The standard InChI is InChI=1S/C21H23N3.C2HF3O2/c1-16(19-13-17-7-2-3-8-18(17)14-23-19)24-15-21(10-6-11-21)20-9-4-5-12-22-20;3-2(4,5)1(6)7/h2-5,7-9,12-14,16,24H,6,10-11,15H2,1H3;(H,6,7). The maximum Gasteiger partial charge on any atom is 0.490 e. The van der Waals surface area contributed by atoms with E-state index < -0.39 is 12.1 Å². The minimum absolute atomic E-state index is 0.201. The molecule has 3 aromatic rings. The number of benzene rings is 1. The maximum absolute atomic E-state index is 10.6. The molecule has 1 aliphatic rings. The number of hydrogen-bond acceptors (Lipinski definition) is 4. The van der Waals surface area contributed by atoms with Gasteiger partial charge in [0, 0.05) is 41.5 Å². The first-order valence-corrected chi connectivity index (χ1v) is 10.0. The van der Waals surface area contributed by atoms with Crippen LogP contribution in [0.3, 0.4) is 0 Å². The smallest absolute Gasteiger partial charge is 0.475 e. The van der Waals surface area contributed by atoms with Crippen LogP contribution < -0.4 is 5.32 Å². The Balaban J connectivity index is 0.000000339. The highest BCUT2D eigenvalue weighted by atomic mass is 19.4. The van der Waals surface area contributed by atoms with E-state index in [1.54, 1.807) is 0 Å². The number of halogens is 3. The fourth-order valence-electron chi connectivity index (χ4n) is 3.59. The topological polar surface area (TPSA) is 75.1 Å². The third-order valence-electron chi connectivity index (χ3n) is 5.60. The summed E-state index contributed by atoms with van der Waals surface area (Å²) in [4.78, 5) is 18.2. The molecule has 0 radical (unpaired) electrons. The second kappa shape index (κ2) is 9.43. The third-order valence-corrected chi connectivity index (χ3v) is 5.60. The average Bonchev–Trinajstić information content (AvgIpc) is 2.73. The van der Waals surface area contributed by atoms with E-state index in [4.69, 9.17) is 9.90 Å². The van der Waals surface area contributed by atoms with Crippen molar-refractivity contribution in [3.8, 4) is 0 Å². The summed E-state index contributed by atoms with van der Waals surface area (Å²) in [5.74, 6) is -2.76. The Morgan fingerprint density at radius 2 is 1.77 bits per heavy atom. The normalized spacial score (nSPS) is 16.0. The zero-order valence-electron chi connectivity index (χ0n) is 17.1. The number of alkyl halides is 3. The summed E-state index contributed by atoms with van der Waals surface area (Å²) in [7, 11) is 0. The van der Waals surface area contributed by atoms with Crippen LogP contribution in [0.25, 0.3) is 10.8 Å². The Kier molecular flexibility index (Phi) is 6.90. The van der Waals surface area contributed by atoms with Gasteiger partial charge < -0.3 is 10.4 Å². The number of hydrogen-bond donors (Lipinski definition) is 2. The van der Waals surface area contributed by atoms with Crippen molar-refractivity contribution < 1.29 is 23.1 Å². The first-order valence-electron chi connectivity index (χ1n) is 10.0. The van der Waals surface area contributed by atoms with Gasteiger partial charge in [0.2, 0.25) is 0 Å². The van der Waals surface area contributed by atoms with Crippen LogP contribution in [0.1, 0.15) is 43.6 Å². The molecule has 1 unspecified atom stereocenters. The van der Waals surface area contributed by atoms with Gasteiger partial charge in [0.25, 0.3) is 0 Å². The SMILES string of the molecule is CC(NCC1(c2ccccn2)CCC1)c1cc2ccccc2cn1.O=C(O)C(F)(F)F. The lowest BCUT2D eigenvalue weighted by Gasteiger charge is -2.42. The largest absolute Gasteiger partial charge is 0.490 e. The van der Waals surface area contributed by atoms with E-state index in [0.29, 0.717) is 0 Å². The number of aromatic nitrogens is 2. The number of nitrogens with zero attached hydrogens (tertiary/aromatic N) is 2. The van der Waals surface area contributed by atoms with E-state index >= 15 is 0 Å². The van der Waals surface area contributed by atoms with Crippen LogP contribution in [0.4, 0.5) is 13.2 Å². The first-order chi connectivity index (χ1) is 14.7. The van der Waals surface area contributed by atoms with E-state index in [2.05, 4.69) is 64.7 Å². The average molecular weight is 431 g/mol. The summed E-state index contributed by atoms with van der Waals surface area (Å²) in [5, 5.41) is 13.3. The van der Waals surface area contributed by atoms with Crippen LogP contribution in [0, 0.1) is 0 Å². The number of nitrogens with one attached hydrogen (secondary N) is 1. The minimum Gasteiger partial charge on any atom is -0.475 e. The molecule has 1 aliphatic carbocycles. The van der Waals surface area contributed by atoms with Crippen LogP contribution in [0.15, 0.2) is 60.9 Å². The molecule has 0 bridgehead atoms. The van der Waals surface area contributed by atoms with Crippen molar-refractivity contribution in [2.75, 3.05) is 6.54 Å². The predicted octanol–water partition coefficient (Wildman–Crippen LogP) is 5.04. The van der Waals surface area contributed by atoms with E-state index in [1.165, 1.54) is 35.7 Å². The van der Waals surface area contributed by atoms with Gasteiger partial charge in [-0.05, 0) is 43.4 Å². The summed E-state index contributed by atoms with van der Waals surface area (Å²) in [6.07, 6.45) is 2.52. The molecular formula is C23H24F3N3O2. The van der Waals surface area contributed by atoms with E-state index in [1.807, 2.05) is 18.5 Å². The Labute approximate surface area is 178 Å². The molecule has 2 aromatic heterocycles. The lowest BCUT2D eigenvalue weighted by molar-refractivity contribution is -0.192. The molecule has 164 valence electrons. The molecule has 31 heavy (non-hydrogen) atoms. The Hall–Kier alpha value is -3.00. The van der Waals surface area contributed by atoms with Gasteiger partial charge in [0.05, 0.1) is 5.69 Å². The van der Waals surface area contributed by atoms with Crippen molar-refractivity contribution in [1.82, 2.24) is 15.3 Å². The lowest BCUT2D eigenvalue weighted by atomic mass is 9.66. The van der Waals surface area contributed by atoms with Crippen molar-refractivity contribution in [1.29, 1.82) is 0 Å². The summed E-state index contributed by atoms with van der Waals surface area (Å²) in [6.45, 7) is 3.15. The van der Waals surface area contributed by atoms with Gasteiger partial charge in [-0.25, -0.2) is 4.79 Å². The van der Waals surface area contributed by atoms with Crippen molar-refractivity contribution in [3.05, 3.63) is 72.3 Å². The zero-order chi connectivity index (χ0) is 22.5. The molecule has 2 N–H and O–H groups in total. The van der Waals surface area contributed by atoms with Gasteiger partial charge in [-0.1, -0.05) is 36.8 Å². The van der Waals surface area contributed by atoms with Gasteiger partial charge in [0.1, 0.15) is 0 Å². The Morgan fingerprint density at radius 3 is 2.32 bits per heavy atom. The second-order valence-corrected chi connectivity index (χ2v) is 7.71. The first kappa shape index (κ1) is 22.7. The molecule has 1 atom stereocenters. The van der Waals surface area contributed by atoms with Crippen LogP contribution in [-0.4, -0.2) is 33.8 Å².